The van der Waals surface area contributed by atoms with E-state index in [0.29, 0.717) is 30.5 Å². The lowest BCUT2D eigenvalue weighted by Gasteiger charge is -2.02. The largest absolute Gasteiger partial charge is 0.353 e. The molecular formula is C16H17F2NO. The monoisotopic (exact) mass is 277 g/mol. The van der Waals surface area contributed by atoms with E-state index >= 15 is 0 Å². The fourth-order valence-electron chi connectivity index (χ4n) is 2.06. The number of aromatic nitrogens is 1. The van der Waals surface area contributed by atoms with Gasteiger partial charge in [0.25, 0.3) is 0 Å². The normalized spacial score (nSPS) is 10.9. The highest BCUT2D eigenvalue weighted by molar-refractivity contribution is 6.08. The SMILES string of the molecule is O=C(c1ccccc1)c1ccn(CCCCC(F)F)c1. The van der Waals surface area contributed by atoms with Crippen LogP contribution in [0.15, 0.2) is 48.8 Å². The number of nitrogens with zero attached hydrogens (tertiary/aromatic N) is 1. The average molecular weight is 277 g/mol. The van der Waals surface area contributed by atoms with E-state index < -0.39 is 6.43 Å². The summed E-state index contributed by atoms with van der Waals surface area (Å²) in [5.74, 6) is -0.0167. The molecule has 1 aromatic carbocycles. The van der Waals surface area contributed by atoms with E-state index in [1.165, 1.54) is 0 Å². The van der Waals surface area contributed by atoms with E-state index in [0.717, 1.165) is 0 Å². The molecule has 2 aromatic rings. The second-order valence-electron chi connectivity index (χ2n) is 4.72. The lowest BCUT2D eigenvalue weighted by atomic mass is 10.1. The predicted molar refractivity (Wildman–Crippen MR) is 74.2 cm³/mol. The summed E-state index contributed by atoms with van der Waals surface area (Å²) >= 11 is 0. The Morgan fingerprint density at radius 1 is 1.05 bits per heavy atom. The molecule has 20 heavy (non-hydrogen) atoms. The first-order chi connectivity index (χ1) is 9.66. The number of carbonyl (C=O) groups is 1. The number of hydrogen-bond donors (Lipinski definition) is 0. The second kappa shape index (κ2) is 6.98. The standard InChI is InChI=1S/C16H17F2NO/c17-15(18)8-4-5-10-19-11-9-14(12-19)16(20)13-6-2-1-3-7-13/h1-3,6-7,9,11-12,15H,4-5,8,10H2. The summed E-state index contributed by atoms with van der Waals surface area (Å²) in [6.07, 6.45) is 2.50. The summed E-state index contributed by atoms with van der Waals surface area (Å²) in [7, 11) is 0. The van der Waals surface area contributed by atoms with Crippen molar-refractivity contribution in [1.82, 2.24) is 4.57 Å². The first-order valence-electron chi connectivity index (χ1n) is 6.70. The first kappa shape index (κ1) is 14.4. The molecule has 0 fully saturated rings. The molecule has 0 radical (unpaired) electrons. The van der Waals surface area contributed by atoms with Crippen LogP contribution in [-0.2, 0) is 6.54 Å². The molecule has 0 aliphatic carbocycles. The number of carbonyl (C=O) groups excluding carboxylic acids is 1. The number of ketones is 1. The van der Waals surface area contributed by atoms with E-state index in [1.807, 2.05) is 29.0 Å². The fourth-order valence-corrected chi connectivity index (χ4v) is 2.06. The Morgan fingerprint density at radius 2 is 1.80 bits per heavy atom. The van der Waals surface area contributed by atoms with Gasteiger partial charge in [-0.25, -0.2) is 8.78 Å². The van der Waals surface area contributed by atoms with E-state index in [4.69, 9.17) is 0 Å². The molecule has 0 bridgehead atoms. The van der Waals surface area contributed by atoms with Crippen molar-refractivity contribution in [1.29, 1.82) is 0 Å². The maximum Gasteiger partial charge on any atom is 0.238 e. The van der Waals surface area contributed by atoms with Gasteiger partial charge in [-0.05, 0) is 18.9 Å². The zero-order valence-corrected chi connectivity index (χ0v) is 11.1. The summed E-state index contributed by atoms with van der Waals surface area (Å²) in [6.45, 7) is 0.661. The summed E-state index contributed by atoms with van der Waals surface area (Å²) in [6, 6.07) is 10.8. The van der Waals surface area contributed by atoms with Crippen LogP contribution in [0.1, 0.15) is 35.2 Å². The highest BCUT2D eigenvalue weighted by Gasteiger charge is 2.09. The number of aryl methyl sites for hydroxylation is 1. The third-order valence-corrected chi connectivity index (χ3v) is 3.14. The maximum absolute atomic E-state index is 12.2. The summed E-state index contributed by atoms with van der Waals surface area (Å²) in [4.78, 5) is 12.2. The van der Waals surface area contributed by atoms with Crippen LogP contribution < -0.4 is 0 Å². The molecule has 0 saturated carbocycles. The molecule has 0 aliphatic heterocycles. The summed E-state index contributed by atoms with van der Waals surface area (Å²) in [5, 5.41) is 0. The van der Waals surface area contributed by atoms with Crippen LogP contribution in [0.3, 0.4) is 0 Å². The number of hydrogen-bond acceptors (Lipinski definition) is 1. The van der Waals surface area contributed by atoms with Crippen molar-refractivity contribution in [2.75, 3.05) is 0 Å². The molecule has 0 spiro atoms. The Bertz CT molecular complexity index is 549. The Balaban J connectivity index is 1.90. The Kier molecular flexibility index (Phi) is 5.04. The van der Waals surface area contributed by atoms with E-state index in [9.17, 15) is 13.6 Å². The van der Waals surface area contributed by atoms with Crippen LogP contribution in [0.4, 0.5) is 8.78 Å². The summed E-state index contributed by atoms with van der Waals surface area (Å²) in [5.41, 5.74) is 1.29. The van der Waals surface area contributed by atoms with Crippen LogP contribution in [-0.4, -0.2) is 16.8 Å². The quantitative estimate of drug-likeness (QED) is 0.550. The lowest BCUT2D eigenvalue weighted by Crippen LogP contribution is -2.00. The van der Waals surface area contributed by atoms with Crippen LogP contribution in [0.2, 0.25) is 0 Å². The minimum atomic E-state index is -2.23. The Hall–Kier alpha value is -1.97. The fraction of sp³-hybridized carbons (Fsp3) is 0.312. The second-order valence-corrected chi connectivity index (χ2v) is 4.72. The molecule has 1 heterocycles. The summed E-state index contributed by atoms with van der Waals surface area (Å²) < 4.78 is 25.9. The first-order valence-corrected chi connectivity index (χ1v) is 6.70. The number of benzene rings is 1. The van der Waals surface area contributed by atoms with Gasteiger partial charge in [-0.3, -0.25) is 4.79 Å². The highest BCUT2D eigenvalue weighted by atomic mass is 19.3. The maximum atomic E-state index is 12.2. The van der Waals surface area contributed by atoms with Gasteiger partial charge in [0.05, 0.1) is 0 Å². The van der Waals surface area contributed by atoms with Gasteiger partial charge in [0.1, 0.15) is 0 Å². The molecular weight excluding hydrogens is 260 g/mol. The van der Waals surface area contributed by atoms with Crippen molar-refractivity contribution in [3.63, 3.8) is 0 Å². The van der Waals surface area contributed by atoms with Crippen molar-refractivity contribution in [2.24, 2.45) is 0 Å². The third-order valence-electron chi connectivity index (χ3n) is 3.14. The zero-order chi connectivity index (χ0) is 14.4. The Morgan fingerprint density at radius 3 is 2.50 bits per heavy atom. The topological polar surface area (TPSA) is 22.0 Å². The van der Waals surface area contributed by atoms with Crippen molar-refractivity contribution >= 4 is 5.78 Å². The smallest absolute Gasteiger partial charge is 0.238 e. The van der Waals surface area contributed by atoms with E-state index in [-0.39, 0.29) is 12.2 Å². The molecule has 0 unspecified atom stereocenters. The molecule has 106 valence electrons. The van der Waals surface area contributed by atoms with Crippen molar-refractivity contribution in [3.05, 3.63) is 59.9 Å². The van der Waals surface area contributed by atoms with Gasteiger partial charge in [-0.15, -0.1) is 0 Å². The Labute approximate surface area is 117 Å². The molecule has 2 nitrogen and oxygen atoms in total. The minimum absolute atomic E-state index is 0.0167. The van der Waals surface area contributed by atoms with Crippen LogP contribution in [0, 0.1) is 0 Å². The molecule has 0 amide bonds. The van der Waals surface area contributed by atoms with Crippen LogP contribution >= 0.6 is 0 Å². The molecule has 0 aliphatic rings. The molecule has 0 saturated heterocycles. The predicted octanol–water partition coefficient (Wildman–Crippen LogP) is 4.15. The van der Waals surface area contributed by atoms with Gasteiger partial charge in [0.2, 0.25) is 6.43 Å². The lowest BCUT2D eigenvalue weighted by molar-refractivity contribution is 0.103. The van der Waals surface area contributed by atoms with Gasteiger partial charge in [-0.1, -0.05) is 30.3 Å². The number of rotatable bonds is 7. The average Bonchev–Trinajstić information content (AvgIpc) is 2.92. The van der Waals surface area contributed by atoms with Gasteiger partial charge in [0, 0.05) is 36.5 Å². The number of alkyl halides is 2. The van der Waals surface area contributed by atoms with Crippen LogP contribution in [0.25, 0.3) is 0 Å². The van der Waals surface area contributed by atoms with E-state index in [1.54, 1.807) is 24.4 Å². The molecule has 1 aromatic heterocycles. The molecule has 0 atom stereocenters. The zero-order valence-electron chi connectivity index (χ0n) is 11.1. The van der Waals surface area contributed by atoms with Crippen LogP contribution in [0.5, 0.6) is 0 Å². The molecule has 4 heteroatoms. The van der Waals surface area contributed by atoms with Gasteiger partial charge in [0.15, 0.2) is 5.78 Å². The molecule has 2 rings (SSSR count). The van der Waals surface area contributed by atoms with E-state index in [2.05, 4.69) is 0 Å². The van der Waals surface area contributed by atoms with Crippen molar-refractivity contribution in [3.8, 4) is 0 Å². The number of unbranched alkanes of at least 4 members (excludes halogenated alkanes) is 1. The van der Waals surface area contributed by atoms with Gasteiger partial charge < -0.3 is 4.57 Å². The molecule has 0 N–H and O–H groups in total. The van der Waals surface area contributed by atoms with Crippen molar-refractivity contribution in [2.45, 2.75) is 32.2 Å². The number of halogens is 2. The highest BCUT2D eigenvalue weighted by Crippen LogP contribution is 2.12. The van der Waals surface area contributed by atoms with Gasteiger partial charge >= 0.3 is 0 Å². The van der Waals surface area contributed by atoms with Gasteiger partial charge in [-0.2, -0.15) is 0 Å². The minimum Gasteiger partial charge on any atom is -0.353 e. The third kappa shape index (κ3) is 4.02. The van der Waals surface area contributed by atoms with Crippen molar-refractivity contribution < 1.29 is 13.6 Å².